The third-order valence-corrected chi connectivity index (χ3v) is 11.0. The zero-order chi connectivity index (χ0) is 23.5. The first-order valence-corrected chi connectivity index (χ1v) is 14.4. The second kappa shape index (κ2) is 10.9. The van der Waals surface area contributed by atoms with Crippen LogP contribution in [0.4, 0.5) is 0 Å². The Labute approximate surface area is 201 Å². The van der Waals surface area contributed by atoms with Crippen molar-refractivity contribution in [2.24, 2.45) is 52.1 Å². The molecule has 0 aromatic carbocycles. The molecule has 2 heteroatoms. The van der Waals surface area contributed by atoms with Crippen molar-refractivity contribution in [2.45, 2.75) is 118 Å². The molecule has 4 aliphatic rings. The zero-order valence-electron chi connectivity index (χ0n) is 22.5. The van der Waals surface area contributed by atoms with Gasteiger partial charge in [-0.2, -0.15) is 0 Å². The summed E-state index contributed by atoms with van der Waals surface area (Å²) < 4.78 is 0. The molecular weight excluding hydrogens is 388 g/mol. The van der Waals surface area contributed by atoms with Crippen LogP contribution in [0.15, 0.2) is 12.2 Å². The highest BCUT2D eigenvalue weighted by Crippen LogP contribution is 2.68. The van der Waals surface area contributed by atoms with Crippen molar-refractivity contribution < 1.29 is 0 Å². The van der Waals surface area contributed by atoms with Crippen LogP contribution in [0.2, 0.25) is 0 Å². The second-order valence-corrected chi connectivity index (χ2v) is 12.6. The van der Waals surface area contributed by atoms with Crippen LogP contribution in [0.5, 0.6) is 0 Å². The first kappa shape index (κ1) is 26.3. The highest BCUT2D eigenvalue weighted by Gasteiger charge is 2.61. The van der Waals surface area contributed by atoms with Crippen molar-refractivity contribution in [1.29, 1.82) is 0 Å². The first-order chi connectivity index (χ1) is 15.3. The van der Waals surface area contributed by atoms with Gasteiger partial charge in [-0.05, 0) is 124 Å². The van der Waals surface area contributed by atoms with E-state index in [9.17, 15) is 0 Å². The van der Waals surface area contributed by atoms with Crippen molar-refractivity contribution in [3.8, 4) is 0 Å². The van der Waals surface area contributed by atoms with Crippen molar-refractivity contribution in [3.05, 3.63) is 12.2 Å². The Morgan fingerprint density at radius 1 is 0.969 bits per heavy atom. The Bertz CT molecular complexity index is 614. The number of allylic oxidation sites excluding steroid dienone is 1. The minimum Gasteiger partial charge on any atom is -0.329 e. The van der Waals surface area contributed by atoms with Crippen LogP contribution in [0.25, 0.3) is 0 Å². The molecule has 2 nitrogen and oxygen atoms in total. The van der Waals surface area contributed by atoms with Gasteiger partial charge in [0.25, 0.3) is 0 Å². The Morgan fingerprint density at radius 2 is 1.66 bits per heavy atom. The van der Waals surface area contributed by atoms with Gasteiger partial charge >= 0.3 is 0 Å². The molecule has 186 valence electrons. The minimum absolute atomic E-state index is 0.586. The summed E-state index contributed by atoms with van der Waals surface area (Å²) in [6, 6.07) is 0.712. The topological polar surface area (TPSA) is 38.0 Å². The van der Waals surface area contributed by atoms with E-state index in [-0.39, 0.29) is 0 Å². The Balaban J connectivity index is 0.00000141. The second-order valence-electron chi connectivity index (χ2n) is 12.6. The van der Waals surface area contributed by atoms with Gasteiger partial charge in [0.15, 0.2) is 0 Å². The third-order valence-electron chi connectivity index (χ3n) is 11.0. The lowest BCUT2D eigenvalue weighted by atomic mass is 9.42. The summed E-state index contributed by atoms with van der Waals surface area (Å²) in [6.07, 6.45) is 15.8. The quantitative estimate of drug-likeness (QED) is 0.397. The fourth-order valence-electron chi connectivity index (χ4n) is 9.44. The average molecular weight is 445 g/mol. The van der Waals surface area contributed by atoms with Gasteiger partial charge < -0.3 is 11.1 Å². The van der Waals surface area contributed by atoms with Gasteiger partial charge in [0.1, 0.15) is 0 Å². The van der Waals surface area contributed by atoms with Crippen LogP contribution in [0.3, 0.4) is 0 Å². The lowest BCUT2D eigenvalue weighted by molar-refractivity contribution is -0.135. The van der Waals surface area contributed by atoms with E-state index in [4.69, 9.17) is 5.73 Å². The maximum atomic E-state index is 5.77. The highest BCUT2D eigenvalue weighted by atomic mass is 14.9. The Morgan fingerprint density at radius 3 is 2.34 bits per heavy atom. The molecule has 0 aromatic heterocycles. The van der Waals surface area contributed by atoms with Crippen molar-refractivity contribution in [1.82, 2.24) is 5.32 Å². The molecule has 4 rings (SSSR count). The normalized spacial score (nSPS) is 45.2. The van der Waals surface area contributed by atoms with Crippen molar-refractivity contribution in [2.75, 3.05) is 13.1 Å². The third kappa shape index (κ3) is 4.88. The molecule has 0 radical (unpaired) electrons. The largest absolute Gasteiger partial charge is 0.329 e. The number of nitrogens with two attached hydrogens (primary N) is 1. The smallest absolute Gasteiger partial charge is 0.00770 e. The molecule has 0 spiro atoms. The van der Waals surface area contributed by atoms with E-state index in [0.717, 1.165) is 48.6 Å². The number of nitrogens with one attached hydrogen (secondary N) is 1. The summed E-state index contributed by atoms with van der Waals surface area (Å²) in [5, 5.41) is 3.76. The summed E-state index contributed by atoms with van der Waals surface area (Å²) >= 11 is 0. The SMILES string of the molecule is C=C(C)CCCC1CCC2C3CC(C)C4CC(NCCN)CCC4(C)C3CCC12C.CC. The summed E-state index contributed by atoms with van der Waals surface area (Å²) in [4.78, 5) is 0. The van der Waals surface area contributed by atoms with Gasteiger partial charge in [0, 0.05) is 19.1 Å². The molecule has 4 fully saturated rings. The molecule has 0 amide bonds. The van der Waals surface area contributed by atoms with E-state index >= 15 is 0 Å². The van der Waals surface area contributed by atoms with E-state index in [1.807, 2.05) is 13.8 Å². The summed E-state index contributed by atoms with van der Waals surface area (Å²) in [5.74, 6) is 5.77. The fourth-order valence-corrected chi connectivity index (χ4v) is 9.44. The number of rotatable bonds is 7. The highest BCUT2D eigenvalue weighted by molar-refractivity contribution is 5.10. The van der Waals surface area contributed by atoms with Crippen LogP contribution >= 0.6 is 0 Å². The summed E-state index contributed by atoms with van der Waals surface area (Å²) in [7, 11) is 0. The van der Waals surface area contributed by atoms with Crippen LogP contribution < -0.4 is 11.1 Å². The lowest BCUT2D eigenvalue weighted by Crippen LogP contribution is -2.57. The fraction of sp³-hybridized carbons (Fsp3) is 0.933. The van der Waals surface area contributed by atoms with Gasteiger partial charge in [-0.3, -0.25) is 0 Å². The summed E-state index contributed by atoms with van der Waals surface area (Å²) in [6.45, 7) is 20.1. The average Bonchev–Trinajstić information content (AvgIpc) is 3.10. The van der Waals surface area contributed by atoms with Gasteiger partial charge in [-0.1, -0.05) is 40.2 Å². The zero-order valence-corrected chi connectivity index (χ0v) is 22.5. The molecule has 32 heavy (non-hydrogen) atoms. The molecule has 3 N–H and O–H groups in total. The van der Waals surface area contributed by atoms with Gasteiger partial charge in [-0.15, -0.1) is 6.58 Å². The maximum absolute atomic E-state index is 5.77. The molecule has 9 unspecified atom stereocenters. The molecule has 4 aliphatic carbocycles. The van der Waals surface area contributed by atoms with Crippen LogP contribution in [-0.2, 0) is 0 Å². The van der Waals surface area contributed by atoms with E-state index in [1.54, 1.807) is 0 Å². The Hall–Kier alpha value is -0.340. The van der Waals surface area contributed by atoms with E-state index in [1.165, 1.54) is 76.2 Å². The standard InChI is InChI=1S/C28H50N2.C2H6/c1-19(2)7-6-8-21-9-10-24-23-17-20(3)26-18-22(30-16-15-29)11-13-28(26,5)25(23)12-14-27(21,24)4;1-2/h20-26,30H,1,6-18,29H2,2-5H3;1-2H3. The van der Waals surface area contributed by atoms with Crippen LogP contribution in [0, 0.1) is 46.3 Å². The summed E-state index contributed by atoms with van der Waals surface area (Å²) in [5.41, 5.74) is 8.35. The van der Waals surface area contributed by atoms with Crippen LogP contribution in [0.1, 0.15) is 112 Å². The van der Waals surface area contributed by atoms with Gasteiger partial charge in [0.2, 0.25) is 0 Å². The first-order valence-electron chi connectivity index (χ1n) is 14.4. The number of fused-ring (bicyclic) bond motifs is 5. The molecule has 0 saturated heterocycles. The lowest BCUT2D eigenvalue weighted by Gasteiger charge is -2.63. The van der Waals surface area contributed by atoms with Crippen molar-refractivity contribution in [3.63, 3.8) is 0 Å². The Kier molecular flexibility index (Phi) is 8.98. The molecule has 0 bridgehead atoms. The molecule has 9 atom stereocenters. The molecule has 4 saturated carbocycles. The maximum Gasteiger partial charge on any atom is 0.00770 e. The molecule has 0 aromatic rings. The predicted octanol–water partition coefficient (Wildman–Crippen LogP) is 7.58. The van der Waals surface area contributed by atoms with E-state index < -0.39 is 0 Å². The van der Waals surface area contributed by atoms with Gasteiger partial charge in [-0.25, -0.2) is 0 Å². The number of hydrogen-bond donors (Lipinski definition) is 2. The van der Waals surface area contributed by atoms with Gasteiger partial charge in [0.05, 0.1) is 0 Å². The number of hydrogen-bond acceptors (Lipinski definition) is 2. The predicted molar refractivity (Wildman–Crippen MR) is 141 cm³/mol. The molecular formula is C30H56N2. The van der Waals surface area contributed by atoms with Crippen LogP contribution in [-0.4, -0.2) is 19.1 Å². The van der Waals surface area contributed by atoms with E-state index in [0.29, 0.717) is 16.9 Å². The molecule has 0 heterocycles. The monoisotopic (exact) mass is 444 g/mol. The molecule has 0 aliphatic heterocycles. The van der Waals surface area contributed by atoms with Crippen molar-refractivity contribution >= 4 is 0 Å². The van der Waals surface area contributed by atoms with E-state index in [2.05, 4.69) is 39.6 Å². The minimum atomic E-state index is 0.586.